The minimum atomic E-state index is -3.72. The molecular weight excluding hydrogens is 422 g/mol. The van der Waals surface area contributed by atoms with Gasteiger partial charge in [0.1, 0.15) is 0 Å². The van der Waals surface area contributed by atoms with Gasteiger partial charge in [-0.15, -0.1) is 0 Å². The number of rotatable bonds is 5. The molecule has 0 aliphatic carbocycles. The van der Waals surface area contributed by atoms with Gasteiger partial charge in [-0.2, -0.15) is 4.31 Å². The van der Waals surface area contributed by atoms with Crippen LogP contribution in [0.2, 0.25) is 5.02 Å². The maximum absolute atomic E-state index is 13.4. The molecule has 1 aliphatic heterocycles. The van der Waals surface area contributed by atoms with Crippen molar-refractivity contribution < 1.29 is 22.0 Å². The van der Waals surface area contributed by atoms with Crippen molar-refractivity contribution in [3.05, 3.63) is 64.2 Å². The van der Waals surface area contributed by atoms with Crippen molar-refractivity contribution in [1.29, 1.82) is 0 Å². The Kier molecular flexibility index (Phi) is 6.55. The van der Waals surface area contributed by atoms with Gasteiger partial charge in [-0.1, -0.05) is 24.1 Å². The van der Waals surface area contributed by atoms with Gasteiger partial charge in [-0.05, 0) is 55.7 Å². The van der Waals surface area contributed by atoms with Crippen LogP contribution >= 0.6 is 11.6 Å². The molecule has 1 fully saturated rings. The summed E-state index contributed by atoms with van der Waals surface area (Å²) in [5.74, 6) is -2.61. The standard InChI is InChI=1S/C20H21ClF2N2O3S/c1-13(14-5-8-18(22)19(23)11-14)24-20(26)16-12-15(6-7-17(16)21)29(27,28)25-9-3-2-4-10-25/h5-8,11-13H,2-4,9-10H2,1H3,(H,24,26)/t13-/m0/s1. The van der Waals surface area contributed by atoms with Crippen molar-refractivity contribution >= 4 is 27.5 Å². The van der Waals surface area contributed by atoms with Crippen molar-refractivity contribution in [1.82, 2.24) is 9.62 Å². The van der Waals surface area contributed by atoms with Crippen LogP contribution in [0.4, 0.5) is 8.78 Å². The minimum Gasteiger partial charge on any atom is -0.345 e. The topological polar surface area (TPSA) is 66.5 Å². The molecular formula is C20H21ClF2N2O3S. The molecule has 9 heteroatoms. The molecule has 3 rings (SSSR count). The lowest BCUT2D eigenvalue weighted by atomic mass is 10.1. The smallest absolute Gasteiger partial charge is 0.253 e. The van der Waals surface area contributed by atoms with Crippen molar-refractivity contribution in [2.75, 3.05) is 13.1 Å². The van der Waals surface area contributed by atoms with Gasteiger partial charge >= 0.3 is 0 Å². The van der Waals surface area contributed by atoms with Crippen LogP contribution in [0.25, 0.3) is 0 Å². The van der Waals surface area contributed by atoms with Crippen LogP contribution in [0.15, 0.2) is 41.3 Å². The average Bonchev–Trinajstić information content (AvgIpc) is 2.70. The molecule has 1 amide bonds. The number of carbonyl (C=O) groups is 1. The zero-order valence-electron chi connectivity index (χ0n) is 15.8. The van der Waals surface area contributed by atoms with Crippen LogP contribution in [0.5, 0.6) is 0 Å². The van der Waals surface area contributed by atoms with Crippen molar-refractivity contribution in [3.63, 3.8) is 0 Å². The van der Waals surface area contributed by atoms with Gasteiger partial charge in [0.25, 0.3) is 5.91 Å². The summed E-state index contributed by atoms with van der Waals surface area (Å²) in [6, 6.07) is 6.70. The fourth-order valence-electron chi connectivity index (χ4n) is 3.23. The summed E-state index contributed by atoms with van der Waals surface area (Å²) >= 11 is 6.12. The largest absolute Gasteiger partial charge is 0.345 e. The molecule has 2 aromatic carbocycles. The van der Waals surface area contributed by atoms with E-state index in [1.807, 2.05) is 0 Å². The van der Waals surface area contributed by atoms with Crippen LogP contribution in [-0.2, 0) is 10.0 Å². The molecule has 2 aromatic rings. The Bertz CT molecular complexity index is 1020. The number of carbonyl (C=O) groups excluding carboxylic acids is 1. The first-order valence-corrected chi connectivity index (χ1v) is 11.1. The van der Waals surface area contributed by atoms with E-state index in [1.165, 1.54) is 28.6 Å². The van der Waals surface area contributed by atoms with E-state index >= 15 is 0 Å². The van der Waals surface area contributed by atoms with Crippen LogP contribution in [-0.4, -0.2) is 31.7 Å². The summed E-state index contributed by atoms with van der Waals surface area (Å²) in [5, 5.41) is 2.73. The lowest BCUT2D eigenvalue weighted by Crippen LogP contribution is -2.35. The molecule has 1 heterocycles. The van der Waals surface area contributed by atoms with Crippen molar-refractivity contribution in [3.8, 4) is 0 Å². The maximum atomic E-state index is 13.4. The van der Waals surface area contributed by atoms with E-state index in [-0.39, 0.29) is 15.5 Å². The highest BCUT2D eigenvalue weighted by Gasteiger charge is 2.27. The average molecular weight is 443 g/mol. The monoisotopic (exact) mass is 442 g/mol. The van der Waals surface area contributed by atoms with Crippen LogP contribution < -0.4 is 5.32 Å². The third-order valence-electron chi connectivity index (χ3n) is 4.93. The summed E-state index contributed by atoms with van der Waals surface area (Å²) in [7, 11) is -3.72. The fourth-order valence-corrected chi connectivity index (χ4v) is 4.98. The second-order valence-electron chi connectivity index (χ2n) is 6.98. The molecule has 0 saturated carbocycles. The van der Waals surface area contributed by atoms with Crippen LogP contribution in [0.1, 0.15) is 48.1 Å². The van der Waals surface area contributed by atoms with Gasteiger partial charge in [0, 0.05) is 13.1 Å². The van der Waals surface area contributed by atoms with Crippen molar-refractivity contribution in [2.24, 2.45) is 0 Å². The Morgan fingerprint density at radius 2 is 1.76 bits per heavy atom. The number of amides is 1. The molecule has 1 saturated heterocycles. The predicted molar refractivity (Wildman–Crippen MR) is 106 cm³/mol. The second kappa shape index (κ2) is 8.77. The van der Waals surface area contributed by atoms with E-state index in [9.17, 15) is 22.0 Å². The highest BCUT2D eigenvalue weighted by molar-refractivity contribution is 7.89. The number of hydrogen-bond acceptors (Lipinski definition) is 3. The Morgan fingerprint density at radius 1 is 1.07 bits per heavy atom. The first kappa shape index (κ1) is 21.7. The number of sulfonamides is 1. The Morgan fingerprint density at radius 3 is 2.41 bits per heavy atom. The third-order valence-corrected chi connectivity index (χ3v) is 7.15. The predicted octanol–water partition coefficient (Wildman–Crippen LogP) is 4.28. The minimum absolute atomic E-state index is 0.000755. The molecule has 0 bridgehead atoms. The normalized spacial score (nSPS) is 16.4. The third kappa shape index (κ3) is 4.76. The van der Waals surface area contributed by atoms with E-state index in [1.54, 1.807) is 6.92 Å². The fraction of sp³-hybridized carbons (Fsp3) is 0.350. The molecule has 0 spiro atoms. The Hall–Kier alpha value is -2.03. The maximum Gasteiger partial charge on any atom is 0.253 e. The number of nitrogens with zero attached hydrogens (tertiary/aromatic N) is 1. The molecule has 0 unspecified atom stereocenters. The molecule has 1 aliphatic rings. The van der Waals surface area contributed by atoms with E-state index in [2.05, 4.69) is 5.32 Å². The molecule has 156 valence electrons. The highest BCUT2D eigenvalue weighted by Crippen LogP contribution is 2.26. The summed E-state index contributed by atoms with van der Waals surface area (Å²) in [5.41, 5.74) is 0.365. The molecule has 5 nitrogen and oxygen atoms in total. The van der Waals surface area contributed by atoms with Gasteiger partial charge in [0.05, 0.1) is 21.5 Å². The van der Waals surface area contributed by atoms with Gasteiger partial charge in [-0.25, -0.2) is 17.2 Å². The first-order chi connectivity index (χ1) is 13.7. The van der Waals surface area contributed by atoms with Gasteiger partial charge in [-0.3, -0.25) is 4.79 Å². The van der Waals surface area contributed by atoms with E-state index in [0.29, 0.717) is 18.7 Å². The molecule has 0 aromatic heterocycles. The number of halogens is 3. The van der Waals surface area contributed by atoms with E-state index < -0.39 is 33.6 Å². The van der Waals surface area contributed by atoms with Crippen LogP contribution in [0.3, 0.4) is 0 Å². The molecule has 1 N–H and O–H groups in total. The highest BCUT2D eigenvalue weighted by atomic mass is 35.5. The van der Waals surface area contributed by atoms with E-state index in [0.717, 1.165) is 31.4 Å². The summed E-state index contributed by atoms with van der Waals surface area (Å²) in [6.45, 7) is 2.49. The summed E-state index contributed by atoms with van der Waals surface area (Å²) in [4.78, 5) is 12.7. The summed E-state index contributed by atoms with van der Waals surface area (Å²) < 4.78 is 53.7. The van der Waals surface area contributed by atoms with Gasteiger partial charge in [0.2, 0.25) is 10.0 Å². The number of benzene rings is 2. The quantitative estimate of drug-likeness (QED) is 0.751. The number of piperidine rings is 1. The van der Waals surface area contributed by atoms with E-state index in [4.69, 9.17) is 11.6 Å². The molecule has 1 atom stereocenters. The zero-order valence-corrected chi connectivity index (χ0v) is 17.4. The number of nitrogens with one attached hydrogen (secondary N) is 1. The second-order valence-corrected chi connectivity index (χ2v) is 9.32. The summed E-state index contributed by atoms with van der Waals surface area (Å²) in [6.07, 6.45) is 2.58. The lowest BCUT2D eigenvalue weighted by Gasteiger charge is -2.26. The molecule has 0 radical (unpaired) electrons. The lowest BCUT2D eigenvalue weighted by molar-refractivity contribution is 0.0939. The molecule has 29 heavy (non-hydrogen) atoms. The SMILES string of the molecule is C[C@H](NC(=O)c1cc(S(=O)(=O)N2CCCCC2)ccc1Cl)c1ccc(F)c(F)c1. The van der Waals surface area contributed by atoms with Crippen LogP contribution in [0, 0.1) is 11.6 Å². The van der Waals surface area contributed by atoms with Gasteiger partial charge in [0.15, 0.2) is 11.6 Å². The number of hydrogen-bond donors (Lipinski definition) is 1. The first-order valence-electron chi connectivity index (χ1n) is 9.25. The zero-order chi connectivity index (χ0) is 21.2. The Balaban J connectivity index is 1.83. The van der Waals surface area contributed by atoms with Gasteiger partial charge < -0.3 is 5.32 Å². The van der Waals surface area contributed by atoms with Crippen molar-refractivity contribution in [2.45, 2.75) is 37.1 Å². The Labute approximate surface area is 173 Å².